The summed E-state index contributed by atoms with van der Waals surface area (Å²) >= 11 is 0. The fraction of sp³-hybridized carbons (Fsp3) is 0.278. The van der Waals surface area contributed by atoms with Crippen molar-refractivity contribution >= 4 is 5.91 Å². The van der Waals surface area contributed by atoms with Crippen molar-refractivity contribution in [3.63, 3.8) is 0 Å². The van der Waals surface area contributed by atoms with Crippen molar-refractivity contribution in [2.24, 2.45) is 0 Å². The highest BCUT2D eigenvalue weighted by molar-refractivity contribution is 5.77. The van der Waals surface area contributed by atoms with Crippen molar-refractivity contribution in [1.82, 2.24) is 10.6 Å². The molecular formula is C18H22N2O2. The fourth-order valence-corrected chi connectivity index (χ4v) is 2.19. The maximum atomic E-state index is 11.8. The average molecular weight is 298 g/mol. The number of hydrogen-bond donors (Lipinski definition) is 2. The normalized spacial score (nSPS) is 10.2. The first-order valence-corrected chi connectivity index (χ1v) is 7.43. The third-order valence-electron chi connectivity index (χ3n) is 3.38. The van der Waals surface area contributed by atoms with Crippen LogP contribution in [0.3, 0.4) is 0 Å². The highest BCUT2D eigenvalue weighted by Crippen LogP contribution is 2.17. The lowest BCUT2D eigenvalue weighted by atomic mass is 10.1. The van der Waals surface area contributed by atoms with Crippen LogP contribution in [0.2, 0.25) is 0 Å². The van der Waals surface area contributed by atoms with E-state index >= 15 is 0 Å². The molecule has 0 unspecified atom stereocenters. The van der Waals surface area contributed by atoms with Gasteiger partial charge >= 0.3 is 0 Å². The molecular weight excluding hydrogens is 276 g/mol. The van der Waals surface area contributed by atoms with Crippen LogP contribution in [0.4, 0.5) is 0 Å². The molecule has 0 saturated heterocycles. The van der Waals surface area contributed by atoms with Crippen molar-refractivity contribution < 1.29 is 9.53 Å². The summed E-state index contributed by atoms with van der Waals surface area (Å²) < 4.78 is 5.30. The molecule has 0 aliphatic carbocycles. The molecule has 2 aromatic rings. The summed E-state index contributed by atoms with van der Waals surface area (Å²) in [6.45, 7) is 1.62. The minimum absolute atomic E-state index is 0.00359. The monoisotopic (exact) mass is 298 g/mol. The number of benzene rings is 2. The molecule has 0 spiro atoms. The van der Waals surface area contributed by atoms with Crippen molar-refractivity contribution in [1.29, 1.82) is 0 Å². The molecule has 4 heteroatoms. The maximum Gasteiger partial charge on any atom is 0.234 e. The smallest absolute Gasteiger partial charge is 0.234 e. The Labute approximate surface area is 131 Å². The number of methoxy groups -OCH3 is 1. The summed E-state index contributed by atoms with van der Waals surface area (Å²) in [5.41, 5.74) is 2.24. The Morgan fingerprint density at radius 3 is 2.55 bits per heavy atom. The second-order valence-corrected chi connectivity index (χ2v) is 5.00. The zero-order valence-electron chi connectivity index (χ0n) is 12.8. The van der Waals surface area contributed by atoms with E-state index in [0.29, 0.717) is 13.1 Å². The molecule has 4 nitrogen and oxygen atoms in total. The van der Waals surface area contributed by atoms with Crippen molar-refractivity contribution in [3.8, 4) is 5.75 Å². The van der Waals surface area contributed by atoms with Gasteiger partial charge in [0.05, 0.1) is 13.7 Å². The molecule has 1 amide bonds. The summed E-state index contributed by atoms with van der Waals surface area (Å²) in [5, 5.41) is 6.05. The fourth-order valence-electron chi connectivity index (χ4n) is 2.19. The molecule has 2 aromatic carbocycles. The summed E-state index contributed by atoms with van der Waals surface area (Å²) in [7, 11) is 1.67. The van der Waals surface area contributed by atoms with Gasteiger partial charge in [0.25, 0.3) is 0 Å². The molecule has 0 aliphatic rings. The van der Waals surface area contributed by atoms with E-state index in [4.69, 9.17) is 4.74 Å². The SMILES string of the molecule is COc1ccccc1CCNCC(=O)NCc1ccccc1. The molecule has 0 heterocycles. The molecule has 0 atom stereocenters. The van der Waals surface area contributed by atoms with E-state index in [0.717, 1.165) is 29.8 Å². The molecule has 0 radical (unpaired) electrons. The molecule has 0 fully saturated rings. The largest absolute Gasteiger partial charge is 0.496 e. The number of carbonyl (C=O) groups is 1. The Bertz CT molecular complexity index is 585. The van der Waals surface area contributed by atoms with E-state index < -0.39 is 0 Å². The zero-order chi connectivity index (χ0) is 15.6. The zero-order valence-corrected chi connectivity index (χ0v) is 12.8. The lowest BCUT2D eigenvalue weighted by Crippen LogP contribution is -2.34. The average Bonchev–Trinajstić information content (AvgIpc) is 2.58. The van der Waals surface area contributed by atoms with Gasteiger partial charge in [-0.2, -0.15) is 0 Å². The Morgan fingerprint density at radius 2 is 1.77 bits per heavy atom. The van der Waals surface area contributed by atoms with Gasteiger partial charge < -0.3 is 15.4 Å². The van der Waals surface area contributed by atoms with Gasteiger partial charge in [-0.3, -0.25) is 4.79 Å². The van der Waals surface area contributed by atoms with Gasteiger partial charge in [-0.1, -0.05) is 48.5 Å². The Morgan fingerprint density at radius 1 is 1.05 bits per heavy atom. The number of hydrogen-bond acceptors (Lipinski definition) is 3. The van der Waals surface area contributed by atoms with E-state index in [2.05, 4.69) is 10.6 Å². The van der Waals surface area contributed by atoms with E-state index in [1.165, 1.54) is 0 Å². The maximum absolute atomic E-state index is 11.8. The van der Waals surface area contributed by atoms with E-state index in [9.17, 15) is 4.79 Å². The predicted molar refractivity (Wildman–Crippen MR) is 87.9 cm³/mol. The van der Waals surface area contributed by atoms with Gasteiger partial charge in [-0.05, 0) is 30.2 Å². The Balaban J connectivity index is 1.65. The molecule has 22 heavy (non-hydrogen) atoms. The lowest BCUT2D eigenvalue weighted by Gasteiger charge is -2.09. The third-order valence-corrected chi connectivity index (χ3v) is 3.38. The summed E-state index contributed by atoms with van der Waals surface area (Å²) in [6.07, 6.45) is 0.829. The van der Waals surface area contributed by atoms with Crippen LogP contribution in [0, 0.1) is 0 Å². The van der Waals surface area contributed by atoms with Gasteiger partial charge in [0, 0.05) is 6.54 Å². The van der Waals surface area contributed by atoms with Gasteiger partial charge in [-0.15, -0.1) is 0 Å². The van der Waals surface area contributed by atoms with Crippen LogP contribution in [0.25, 0.3) is 0 Å². The second kappa shape index (κ2) is 8.85. The quantitative estimate of drug-likeness (QED) is 0.734. The number of carbonyl (C=O) groups excluding carboxylic acids is 1. The van der Waals surface area contributed by atoms with E-state index in [1.807, 2.05) is 54.6 Å². The first-order chi connectivity index (χ1) is 10.8. The minimum atomic E-state index is 0.00359. The lowest BCUT2D eigenvalue weighted by molar-refractivity contribution is -0.120. The second-order valence-electron chi connectivity index (χ2n) is 5.00. The van der Waals surface area contributed by atoms with Crippen LogP contribution in [0.1, 0.15) is 11.1 Å². The number of amides is 1. The molecule has 0 aromatic heterocycles. The predicted octanol–water partition coefficient (Wildman–Crippen LogP) is 2.14. The van der Waals surface area contributed by atoms with Crippen molar-refractivity contribution in [3.05, 3.63) is 65.7 Å². The number of nitrogens with one attached hydrogen (secondary N) is 2. The van der Waals surface area contributed by atoms with Crippen molar-refractivity contribution in [2.45, 2.75) is 13.0 Å². The summed E-state index contributed by atoms with van der Waals surface area (Å²) in [4.78, 5) is 11.8. The Kier molecular flexibility index (Phi) is 6.45. The van der Waals surface area contributed by atoms with Crippen LogP contribution in [0.5, 0.6) is 5.75 Å². The number of para-hydroxylation sites is 1. The van der Waals surface area contributed by atoms with Crippen LogP contribution in [-0.4, -0.2) is 26.1 Å². The highest BCUT2D eigenvalue weighted by atomic mass is 16.5. The van der Waals surface area contributed by atoms with Crippen LogP contribution in [-0.2, 0) is 17.8 Å². The van der Waals surface area contributed by atoms with Gasteiger partial charge in [0.2, 0.25) is 5.91 Å². The van der Waals surface area contributed by atoms with Crippen LogP contribution >= 0.6 is 0 Å². The molecule has 0 aliphatic heterocycles. The molecule has 116 valence electrons. The van der Waals surface area contributed by atoms with Gasteiger partial charge in [0.1, 0.15) is 5.75 Å². The molecule has 0 bridgehead atoms. The topological polar surface area (TPSA) is 50.4 Å². The van der Waals surface area contributed by atoms with E-state index in [1.54, 1.807) is 7.11 Å². The van der Waals surface area contributed by atoms with E-state index in [-0.39, 0.29) is 5.91 Å². The number of ether oxygens (including phenoxy) is 1. The first-order valence-electron chi connectivity index (χ1n) is 7.43. The highest BCUT2D eigenvalue weighted by Gasteiger charge is 2.03. The van der Waals surface area contributed by atoms with Gasteiger partial charge in [0.15, 0.2) is 0 Å². The molecule has 2 N–H and O–H groups in total. The van der Waals surface area contributed by atoms with Crippen LogP contribution in [0.15, 0.2) is 54.6 Å². The minimum Gasteiger partial charge on any atom is -0.496 e. The first kappa shape index (κ1) is 16.0. The standard InChI is InChI=1S/C18H22N2O2/c1-22-17-10-6-5-9-16(17)11-12-19-14-18(21)20-13-15-7-3-2-4-8-15/h2-10,19H,11-14H2,1H3,(H,20,21). The Hall–Kier alpha value is -2.33. The summed E-state index contributed by atoms with van der Waals surface area (Å²) in [5.74, 6) is 0.890. The van der Waals surface area contributed by atoms with Crippen LogP contribution < -0.4 is 15.4 Å². The van der Waals surface area contributed by atoms with Gasteiger partial charge in [-0.25, -0.2) is 0 Å². The molecule has 0 saturated carbocycles. The third kappa shape index (κ3) is 5.22. The van der Waals surface area contributed by atoms with Crippen molar-refractivity contribution in [2.75, 3.05) is 20.2 Å². The summed E-state index contributed by atoms with van der Waals surface area (Å²) in [6, 6.07) is 17.8. The number of rotatable bonds is 8. The molecule has 2 rings (SSSR count).